The molecule has 0 aliphatic carbocycles. The fraction of sp³-hybridized carbons (Fsp3) is 0.286. The van der Waals surface area contributed by atoms with Crippen LogP contribution in [0.25, 0.3) is 0 Å². The maximum Gasteiger partial charge on any atom is 0.253 e. The molecule has 0 atom stereocenters. The maximum absolute atomic E-state index is 12.3. The maximum atomic E-state index is 12.3. The number of anilines is 1. The van der Waals surface area contributed by atoms with Gasteiger partial charge in [0, 0.05) is 43.4 Å². The number of hydrogen-bond acceptors (Lipinski definition) is 3. The van der Waals surface area contributed by atoms with E-state index in [-0.39, 0.29) is 23.6 Å². The van der Waals surface area contributed by atoms with Crippen LogP contribution < -0.4 is 10.6 Å². The summed E-state index contributed by atoms with van der Waals surface area (Å²) in [6, 6.07) is 13.9. The normalized spacial score (nSPS) is 10.4. The monoisotopic (exact) mass is 367 g/mol. The molecule has 0 spiro atoms. The van der Waals surface area contributed by atoms with Crippen molar-refractivity contribution in [2.45, 2.75) is 20.4 Å². The molecule has 2 aromatic carbocycles. The average Bonchev–Trinajstić information content (AvgIpc) is 2.66. The van der Waals surface area contributed by atoms with Crippen LogP contribution in [-0.2, 0) is 11.3 Å². The Morgan fingerprint density at radius 1 is 0.889 bits per heavy atom. The van der Waals surface area contributed by atoms with Gasteiger partial charge in [-0.25, -0.2) is 0 Å². The fourth-order valence-electron chi connectivity index (χ4n) is 2.30. The lowest BCUT2D eigenvalue weighted by atomic mass is 10.1. The van der Waals surface area contributed by atoms with E-state index in [1.54, 1.807) is 50.5 Å². The van der Waals surface area contributed by atoms with Gasteiger partial charge in [0.25, 0.3) is 11.8 Å². The van der Waals surface area contributed by atoms with Crippen molar-refractivity contribution in [2.75, 3.05) is 19.4 Å². The molecular formula is C21H25N3O3. The van der Waals surface area contributed by atoms with Gasteiger partial charge in [-0.1, -0.05) is 26.0 Å². The van der Waals surface area contributed by atoms with Gasteiger partial charge in [0.15, 0.2) is 0 Å². The third-order valence-corrected chi connectivity index (χ3v) is 4.00. The molecule has 0 aromatic heterocycles. The number of carbonyl (C=O) groups excluding carboxylic acids is 3. The molecule has 142 valence electrons. The van der Waals surface area contributed by atoms with Crippen LogP contribution in [0.2, 0.25) is 0 Å². The number of rotatable bonds is 6. The molecule has 6 nitrogen and oxygen atoms in total. The van der Waals surface area contributed by atoms with Crippen molar-refractivity contribution in [3.63, 3.8) is 0 Å². The molecular weight excluding hydrogens is 342 g/mol. The van der Waals surface area contributed by atoms with Gasteiger partial charge in [-0.05, 0) is 42.0 Å². The zero-order chi connectivity index (χ0) is 20.0. The first-order valence-electron chi connectivity index (χ1n) is 8.77. The van der Waals surface area contributed by atoms with Crippen molar-refractivity contribution >= 4 is 23.4 Å². The minimum absolute atomic E-state index is 0.0600. The highest BCUT2D eigenvalue weighted by Gasteiger charge is 2.10. The second-order valence-corrected chi connectivity index (χ2v) is 6.80. The van der Waals surface area contributed by atoms with Crippen LogP contribution in [-0.4, -0.2) is 36.7 Å². The van der Waals surface area contributed by atoms with Gasteiger partial charge in [-0.3, -0.25) is 14.4 Å². The van der Waals surface area contributed by atoms with Crippen molar-refractivity contribution < 1.29 is 14.4 Å². The quantitative estimate of drug-likeness (QED) is 0.824. The van der Waals surface area contributed by atoms with Gasteiger partial charge in [0.2, 0.25) is 5.91 Å². The standard InChI is InChI=1S/C21H25N3O3/c1-14(2)19(25)23-18-11-9-16(10-12-18)20(26)22-13-15-5-7-17(8-6-15)21(27)24(3)4/h5-12,14H,13H2,1-4H3,(H,22,26)(H,23,25). The van der Waals surface area contributed by atoms with Crippen LogP contribution in [0.5, 0.6) is 0 Å². The summed E-state index contributed by atoms with van der Waals surface area (Å²) in [5.74, 6) is -0.434. The Morgan fingerprint density at radius 2 is 1.44 bits per heavy atom. The molecule has 0 saturated carbocycles. The lowest BCUT2D eigenvalue weighted by Gasteiger charge is -2.11. The molecule has 0 aliphatic rings. The second kappa shape index (κ2) is 8.98. The summed E-state index contributed by atoms with van der Waals surface area (Å²) in [6.45, 7) is 4.00. The SMILES string of the molecule is CC(C)C(=O)Nc1ccc(C(=O)NCc2ccc(C(=O)N(C)C)cc2)cc1. The minimum atomic E-state index is -0.204. The van der Waals surface area contributed by atoms with Gasteiger partial charge >= 0.3 is 0 Å². The van der Waals surface area contributed by atoms with E-state index < -0.39 is 0 Å². The Morgan fingerprint density at radius 3 is 1.96 bits per heavy atom. The highest BCUT2D eigenvalue weighted by molar-refractivity contribution is 5.96. The van der Waals surface area contributed by atoms with Gasteiger partial charge in [-0.15, -0.1) is 0 Å². The fourth-order valence-corrected chi connectivity index (χ4v) is 2.30. The topological polar surface area (TPSA) is 78.5 Å². The molecule has 3 amide bonds. The van der Waals surface area contributed by atoms with E-state index >= 15 is 0 Å². The van der Waals surface area contributed by atoms with E-state index in [4.69, 9.17) is 0 Å². The van der Waals surface area contributed by atoms with Gasteiger partial charge in [0.05, 0.1) is 0 Å². The molecule has 0 unspecified atom stereocenters. The molecule has 27 heavy (non-hydrogen) atoms. The number of benzene rings is 2. The number of amides is 3. The molecule has 0 bridgehead atoms. The highest BCUT2D eigenvalue weighted by Crippen LogP contribution is 2.12. The average molecular weight is 367 g/mol. The molecule has 0 heterocycles. The third kappa shape index (κ3) is 5.67. The Balaban J connectivity index is 1.92. The number of hydrogen-bond donors (Lipinski definition) is 2. The van der Waals surface area contributed by atoms with E-state index in [1.165, 1.54) is 4.90 Å². The Hall–Kier alpha value is -3.15. The number of carbonyl (C=O) groups is 3. The smallest absolute Gasteiger partial charge is 0.253 e. The summed E-state index contributed by atoms with van der Waals surface area (Å²) in [5.41, 5.74) is 2.68. The van der Waals surface area contributed by atoms with Gasteiger partial charge < -0.3 is 15.5 Å². The van der Waals surface area contributed by atoms with Crippen molar-refractivity contribution in [3.8, 4) is 0 Å². The lowest BCUT2D eigenvalue weighted by molar-refractivity contribution is -0.118. The molecule has 0 aliphatic heterocycles. The minimum Gasteiger partial charge on any atom is -0.348 e. The molecule has 6 heteroatoms. The number of nitrogens with one attached hydrogen (secondary N) is 2. The summed E-state index contributed by atoms with van der Waals surface area (Å²) in [6.07, 6.45) is 0. The molecule has 0 radical (unpaired) electrons. The molecule has 2 aromatic rings. The Bertz CT molecular complexity index is 810. The van der Waals surface area contributed by atoms with Crippen LogP contribution in [0.3, 0.4) is 0 Å². The van der Waals surface area contributed by atoms with Crippen LogP contribution in [0.1, 0.15) is 40.1 Å². The summed E-state index contributed by atoms with van der Waals surface area (Å²) in [4.78, 5) is 37.3. The summed E-state index contributed by atoms with van der Waals surface area (Å²) in [7, 11) is 3.41. The molecule has 2 N–H and O–H groups in total. The zero-order valence-corrected chi connectivity index (χ0v) is 16.1. The second-order valence-electron chi connectivity index (χ2n) is 6.80. The van der Waals surface area contributed by atoms with Gasteiger partial charge in [-0.2, -0.15) is 0 Å². The molecule has 0 saturated heterocycles. The highest BCUT2D eigenvalue weighted by atomic mass is 16.2. The van der Waals surface area contributed by atoms with Crippen LogP contribution in [0, 0.1) is 5.92 Å². The largest absolute Gasteiger partial charge is 0.348 e. The molecule has 2 rings (SSSR count). The summed E-state index contributed by atoms with van der Waals surface area (Å²) in [5, 5.41) is 5.63. The van der Waals surface area contributed by atoms with E-state index in [2.05, 4.69) is 10.6 Å². The molecule has 0 fully saturated rings. The number of nitrogens with zero attached hydrogens (tertiary/aromatic N) is 1. The predicted molar refractivity (Wildman–Crippen MR) is 106 cm³/mol. The van der Waals surface area contributed by atoms with Gasteiger partial charge in [0.1, 0.15) is 0 Å². The third-order valence-electron chi connectivity index (χ3n) is 4.00. The van der Waals surface area contributed by atoms with Crippen LogP contribution >= 0.6 is 0 Å². The summed E-state index contributed by atoms with van der Waals surface area (Å²) < 4.78 is 0. The van der Waals surface area contributed by atoms with E-state index in [1.807, 2.05) is 26.0 Å². The van der Waals surface area contributed by atoms with Crippen LogP contribution in [0.15, 0.2) is 48.5 Å². The predicted octanol–water partition coefficient (Wildman–Crippen LogP) is 2.91. The Labute approximate surface area is 159 Å². The van der Waals surface area contributed by atoms with E-state index in [9.17, 15) is 14.4 Å². The van der Waals surface area contributed by atoms with Crippen molar-refractivity contribution in [2.24, 2.45) is 5.92 Å². The van der Waals surface area contributed by atoms with E-state index in [0.717, 1.165) is 5.56 Å². The van der Waals surface area contributed by atoms with Crippen LogP contribution in [0.4, 0.5) is 5.69 Å². The first-order valence-corrected chi connectivity index (χ1v) is 8.77. The van der Waals surface area contributed by atoms with E-state index in [0.29, 0.717) is 23.4 Å². The Kier molecular flexibility index (Phi) is 6.71. The first-order chi connectivity index (χ1) is 12.8. The lowest BCUT2D eigenvalue weighted by Crippen LogP contribution is -2.23. The summed E-state index contributed by atoms with van der Waals surface area (Å²) >= 11 is 0. The van der Waals surface area contributed by atoms with Crippen molar-refractivity contribution in [1.29, 1.82) is 0 Å². The zero-order valence-electron chi connectivity index (χ0n) is 16.1. The first kappa shape index (κ1) is 20.2. The van der Waals surface area contributed by atoms with Crippen molar-refractivity contribution in [1.82, 2.24) is 10.2 Å². The van der Waals surface area contributed by atoms with Crippen molar-refractivity contribution in [3.05, 3.63) is 65.2 Å².